The molecule has 320 valence electrons. The van der Waals surface area contributed by atoms with Crippen LogP contribution in [-0.2, 0) is 9.53 Å². The number of hydrogen-bond donors (Lipinski definition) is 2. The second-order valence-corrected chi connectivity index (χ2v) is 13.8. The lowest BCUT2D eigenvalue weighted by Gasteiger charge is -2.07. The Kier molecular flexibility index (Phi) is 18.4. The van der Waals surface area contributed by atoms with E-state index in [-0.39, 0.29) is 25.2 Å². The van der Waals surface area contributed by atoms with Crippen molar-refractivity contribution in [3.8, 4) is 39.8 Å². The Morgan fingerprint density at radius 3 is 1.79 bits per heavy atom. The first-order chi connectivity index (χ1) is 29.6. The van der Waals surface area contributed by atoms with E-state index in [4.69, 9.17) is 25.8 Å². The van der Waals surface area contributed by atoms with Crippen LogP contribution in [0.25, 0.3) is 44.3 Å². The second-order valence-electron chi connectivity index (χ2n) is 13.4. The van der Waals surface area contributed by atoms with Crippen molar-refractivity contribution in [2.75, 3.05) is 27.9 Å². The highest BCUT2D eigenvalue weighted by atomic mass is 35.5. The molecule has 6 aromatic carbocycles. The van der Waals surface area contributed by atoms with Crippen LogP contribution in [0.2, 0.25) is 5.02 Å². The number of halogens is 1. The third-order valence-corrected chi connectivity index (χ3v) is 9.40. The van der Waals surface area contributed by atoms with Gasteiger partial charge in [-0.25, -0.2) is 4.98 Å². The average molecular weight is 855 g/mol. The first-order valence-corrected chi connectivity index (χ1v) is 19.8. The summed E-state index contributed by atoms with van der Waals surface area (Å²) in [5.41, 5.74) is 7.12. The largest absolute Gasteiger partial charge is 0.497 e. The van der Waals surface area contributed by atoms with Crippen molar-refractivity contribution < 1.29 is 30.0 Å². The van der Waals surface area contributed by atoms with Gasteiger partial charge in [0.15, 0.2) is 11.2 Å². The van der Waals surface area contributed by atoms with Gasteiger partial charge in [0.05, 0.1) is 49.7 Å². The highest BCUT2D eigenvalue weighted by Gasteiger charge is 2.12. The van der Waals surface area contributed by atoms with Gasteiger partial charge in [-0.2, -0.15) is 0 Å². The van der Waals surface area contributed by atoms with E-state index in [0.29, 0.717) is 22.6 Å². The maximum Gasteiger partial charge on any atom is 0.313 e. The lowest BCUT2D eigenvalue weighted by atomic mass is 10.1. The monoisotopic (exact) mass is 854 g/mol. The number of fused-ring (bicyclic) bond motifs is 2. The number of ether oxygens (including phenoxy) is 4. The fourth-order valence-corrected chi connectivity index (χ4v) is 6.26. The molecule has 0 aliphatic heterocycles. The van der Waals surface area contributed by atoms with Crippen LogP contribution < -0.4 is 25.8 Å². The summed E-state index contributed by atoms with van der Waals surface area (Å²) in [5.74, 6) is 1.76. The van der Waals surface area contributed by atoms with Crippen LogP contribution in [0.4, 0.5) is 0 Å². The molecule has 0 aliphatic rings. The smallest absolute Gasteiger partial charge is 0.313 e. The fraction of sp³-hybridized carbons (Fsp3) is 0.137. The van der Waals surface area contributed by atoms with Crippen LogP contribution in [-0.4, -0.2) is 49.7 Å². The van der Waals surface area contributed by atoms with Crippen molar-refractivity contribution in [3.05, 3.63) is 190 Å². The molecular weight excluding hydrogens is 802 g/mol. The summed E-state index contributed by atoms with van der Waals surface area (Å²) in [6.45, 7) is 4.06. The van der Waals surface area contributed by atoms with Crippen molar-refractivity contribution in [1.82, 2.24) is 16.1 Å². The Labute approximate surface area is 368 Å². The van der Waals surface area contributed by atoms with Gasteiger partial charge in [0.2, 0.25) is 0 Å². The molecule has 0 spiro atoms. The molecule has 0 saturated heterocycles. The minimum Gasteiger partial charge on any atom is -0.497 e. The van der Waals surface area contributed by atoms with Gasteiger partial charge < -0.3 is 30.1 Å². The molecule has 0 bridgehead atoms. The van der Waals surface area contributed by atoms with E-state index in [9.17, 15) is 14.4 Å². The summed E-state index contributed by atoms with van der Waals surface area (Å²) in [6, 6.07) is 51.1. The molecule has 0 fully saturated rings. The van der Waals surface area contributed by atoms with E-state index in [2.05, 4.69) is 14.7 Å². The van der Waals surface area contributed by atoms with Gasteiger partial charge in [-0.15, -0.1) is 0 Å². The molecule has 0 saturated carbocycles. The van der Waals surface area contributed by atoms with Gasteiger partial charge >= 0.3 is 5.97 Å². The number of ketones is 1. The standard InChI is InChI=1S/C16H12ClNO.C16H13NO2.C11H12O3.C8H10O.H3N.H2/c1-19-12-7-8-13-14(17)10-15(18-16(13)9-12)11-5-3-2-4-6-11;1-19-12-7-8-13-15(9-12)17-14(10-16(13)18)11-5-3-2-4-6-11;1-2-14-11(13)8-10(12)9-6-4-3-5-7-9;1-7-4-3-5-8(6-7)9-2;;/h2-10H,1H3;2-10H,1H3,(H,17,18);3-7H,2,8H2,1H3;3-6H,1-2H3;1H3;1H/i;;;;;1+1. The number of aromatic amines is 1. The Balaban J connectivity index is 0.000000229. The first-order valence-electron chi connectivity index (χ1n) is 19.4. The Morgan fingerprint density at radius 2 is 1.21 bits per heavy atom. The second kappa shape index (κ2) is 24.1. The SMILES string of the molecule is CCOC(=O)CC(=O)c1ccccc1.COc1ccc2c(=O)cc(-c3ccccc3)[nH]c2c1.COc1ccc2c(Cl)cc(-c3ccccc3)nc2c1.COc1cccc(C)c1.N.[2HH]. The van der Waals surface area contributed by atoms with Crippen molar-refractivity contribution in [1.29, 1.82) is 0 Å². The van der Waals surface area contributed by atoms with Crippen LogP contribution >= 0.6 is 11.6 Å². The number of hydrogen-bond acceptors (Lipinski definition) is 9. The van der Waals surface area contributed by atoms with E-state index in [1.54, 1.807) is 70.7 Å². The Morgan fingerprint density at radius 1 is 0.645 bits per heavy atom. The predicted octanol–water partition coefficient (Wildman–Crippen LogP) is 12.0. The van der Waals surface area contributed by atoms with Crippen LogP contribution in [0.15, 0.2) is 169 Å². The number of carbonyl (C=O) groups excluding carboxylic acids is 2. The maximum atomic E-state index is 12.1. The third-order valence-electron chi connectivity index (χ3n) is 9.09. The topological polar surface area (TPSA) is 152 Å². The van der Waals surface area contributed by atoms with E-state index >= 15 is 0 Å². The molecular formula is C51H52ClN3O7. The Hall–Kier alpha value is -7.27. The number of benzene rings is 6. The predicted molar refractivity (Wildman–Crippen MR) is 252 cm³/mol. The van der Waals surface area contributed by atoms with Crippen LogP contribution in [0, 0.1) is 6.92 Å². The molecule has 62 heavy (non-hydrogen) atoms. The van der Waals surface area contributed by atoms with Crippen molar-refractivity contribution in [2.45, 2.75) is 20.3 Å². The average Bonchev–Trinajstić information content (AvgIpc) is 3.30. The molecule has 0 amide bonds. The number of aryl methyl sites for hydroxylation is 1. The molecule has 8 aromatic rings. The third kappa shape index (κ3) is 13.6. The van der Waals surface area contributed by atoms with Gasteiger partial charge in [0, 0.05) is 47.2 Å². The lowest BCUT2D eigenvalue weighted by Crippen LogP contribution is -2.11. The highest BCUT2D eigenvalue weighted by molar-refractivity contribution is 6.35. The van der Waals surface area contributed by atoms with Gasteiger partial charge in [0.1, 0.15) is 23.7 Å². The number of esters is 1. The van der Waals surface area contributed by atoms with Crippen LogP contribution in [0.3, 0.4) is 0 Å². The molecule has 0 radical (unpaired) electrons. The normalized spacial score (nSPS) is 9.97. The van der Waals surface area contributed by atoms with E-state index in [0.717, 1.165) is 56.2 Å². The summed E-state index contributed by atoms with van der Waals surface area (Å²) in [6.07, 6.45) is -0.183. The van der Waals surface area contributed by atoms with E-state index in [1.165, 1.54) is 5.56 Å². The zero-order valence-corrected chi connectivity index (χ0v) is 36.1. The number of rotatable bonds is 9. The maximum absolute atomic E-state index is 12.1. The van der Waals surface area contributed by atoms with Gasteiger partial charge in [-0.05, 0) is 67.4 Å². The van der Waals surface area contributed by atoms with E-state index in [1.807, 2.05) is 128 Å². The van der Waals surface area contributed by atoms with Crippen LogP contribution in [0.1, 0.15) is 30.7 Å². The fourth-order valence-electron chi connectivity index (χ4n) is 5.99. The number of nitrogens with one attached hydrogen (secondary N) is 1. The Bertz CT molecular complexity index is 2740. The summed E-state index contributed by atoms with van der Waals surface area (Å²) in [5, 5.41) is 2.30. The summed E-state index contributed by atoms with van der Waals surface area (Å²) in [7, 11) is 4.93. The quantitative estimate of drug-likeness (QED) is 0.0821. The molecule has 0 unspecified atom stereocenters. The molecule has 2 aromatic heterocycles. The van der Waals surface area contributed by atoms with Gasteiger partial charge in [-0.3, -0.25) is 14.4 Å². The van der Waals surface area contributed by atoms with Crippen molar-refractivity contribution >= 4 is 45.2 Å². The lowest BCUT2D eigenvalue weighted by molar-refractivity contribution is -0.141. The highest BCUT2D eigenvalue weighted by Crippen LogP contribution is 2.30. The summed E-state index contributed by atoms with van der Waals surface area (Å²) >= 11 is 6.33. The van der Waals surface area contributed by atoms with E-state index < -0.39 is 5.97 Å². The summed E-state index contributed by atoms with van der Waals surface area (Å²) in [4.78, 5) is 42.5. The van der Waals surface area contributed by atoms with Crippen LogP contribution in [0.5, 0.6) is 17.2 Å². The minimum absolute atomic E-state index is 0. The number of nitrogens with zero attached hydrogens (tertiary/aromatic N) is 1. The molecule has 8 rings (SSSR count). The number of carbonyl (C=O) groups is 2. The minimum atomic E-state index is -0.471. The number of methoxy groups -OCH3 is 3. The molecule has 2 heterocycles. The van der Waals surface area contributed by atoms with Gasteiger partial charge in [0.25, 0.3) is 0 Å². The zero-order chi connectivity index (χ0) is 43.6. The number of H-pyrrole nitrogens is 1. The molecule has 0 aliphatic carbocycles. The van der Waals surface area contributed by atoms with Crippen molar-refractivity contribution in [3.63, 3.8) is 0 Å². The molecule has 10 nitrogen and oxygen atoms in total. The number of Topliss-reactive ketones (excluding diaryl/α,β-unsaturated/α-hetero) is 1. The molecule has 11 heteroatoms. The number of pyridine rings is 2. The summed E-state index contributed by atoms with van der Waals surface area (Å²) < 4.78 is 20.1. The zero-order valence-electron chi connectivity index (χ0n) is 35.4. The molecule has 4 N–H and O–H groups in total. The van der Waals surface area contributed by atoms with Crippen molar-refractivity contribution in [2.24, 2.45) is 0 Å². The van der Waals surface area contributed by atoms with Gasteiger partial charge in [-0.1, -0.05) is 115 Å². The molecule has 0 atom stereocenters. The number of aromatic nitrogens is 2. The first kappa shape index (κ1) is 47.4.